The average molecular weight is 404 g/mol. The Morgan fingerprint density at radius 1 is 0.933 bits per heavy atom. The fraction of sp³-hybridized carbons (Fsp3) is 0.360. The maximum absolute atomic E-state index is 5.90. The van der Waals surface area contributed by atoms with Gasteiger partial charge >= 0.3 is 0 Å². The molecule has 1 aliphatic rings. The SMILES string of the molecule is CC1CCCN1CCCOc1ccc(-c2ccc(OCc3ccccc3)nn2)cc1. The summed E-state index contributed by atoms with van der Waals surface area (Å²) < 4.78 is 11.6. The molecule has 5 heteroatoms. The number of rotatable bonds is 9. The molecule has 156 valence electrons. The first-order valence-corrected chi connectivity index (χ1v) is 10.8. The van der Waals surface area contributed by atoms with Gasteiger partial charge in [-0.1, -0.05) is 30.3 Å². The summed E-state index contributed by atoms with van der Waals surface area (Å²) in [4.78, 5) is 2.55. The van der Waals surface area contributed by atoms with E-state index in [9.17, 15) is 0 Å². The van der Waals surface area contributed by atoms with E-state index in [1.807, 2.05) is 66.7 Å². The standard InChI is InChI=1S/C25H29N3O2/c1-20-7-5-16-28(20)17-6-18-29-23-12-10-22(11-13-23)24-14-15-25(27-26-24)30-19-21-8-3-2-4-9-21/h2-4,8-15,20H,5-7,16-19H2,1H3. The molecule has 30 heavy (non-hydrogen) atoms. The third-order valence-corrected chi connectivity index (χ3v) is 5.57. The Balaban J connectivity index is 1.24. The van der Waals surface area contributed by atoms with Crippen LogP contribution in [0.25, 0.3) is 11.3 Å². The molecule has 0 aliphatic carbocycles. The second kappa shape index (κ2) is 10.2. The van der Waals surface area contributed by atoms with E-state index in [0.717, 1.165) is 48.2 Å². The van der Waals surface area contributed by atoms with Gasteiger partial charge in [-0.2, -0.15) is 0 Å². The Morgan fingerprint density at radius 2 is 1.77 bits per heavy atom. The van der Waals surface area contributed by atoms with Gasteiger partial charge in [0.15, 0.2) is 0 Å². The van der Waals surface area contributed by atoms with Crippen molar-refractivity contribution in [3.05, 3.63) is 72.3 Å². The molecule has 2 heterocycles. The summed E-state index contributed by atoms with van der Waals surface area (Å²) in [5, 5.41) is 8.49. The lowest BCUT2D eigenvalue weighted by Crippen LogP contribution is -2.28. The molecule has 0 N–H and O–H groups in total. The van der Waals surface area contributed by atoms with Crippen molar-refractivity contribution in [2.75, 3.05) is 19.7 Å². The van der Waals surface area contributed by atoms with Gasteiger partial charge in [0.25, 0.3) is 0 Å². The number of benzene rings is 2. The first-order chi connectivity index (χ1) is 14.8. The first-order valence-electron chi connectivity index (χ1n) is 10.8. The van der Waals surface area contributed by atoms with Crippen molar-refractivity contribution in [2.45, 2.75) is 38.8 Å². The van der Waals surface area contributed by atoms with Gasteiger partial charge in [-0.15, -0.1) is 10.2 Å². The molecule has 1 fully saturated rings. The van der Waals surface area contributed by atoms with Gasteiger partial charge < -0.3 is 14.4 Å². The quantitative estimate of drug-likeness (QED) is 0.472. The summed E-state index contributed by atoms with van der Waals surface area (Å²) in [6, 6.07) is 22.6. The molecule has 1 aliphatic heterocycles. The van der Waals surface area contributed by atoms with Gasteiger partial charge in [0, 0.05) is 24.2 Å². The molecule has 5 nitrogen and oxygen atoms in total. The van der Waals surface area contributed by atoms with Gasteiger partial charge in [0.1, 0.15) is 12.4 Å². The molecule has 0 bridgehead atoms. The minimum atomic E-state index is 0.484. The smallest absolute Gasteiger partial charge is 0.233 e. The highest BCUT2D eigenvalue weighted by atomic mass is 16.5. The van der Waals surface area contributed by atoms with E-state index in [2.05, 4.69) is 22.0 Å². The maximum atomic E-state index is 5.90. The predicted octanol–water partition coefficient (Wildman–Crippen LogP) is 4.98. The summed E-state index contributed by atoms with van der Waals surface area (Å²) in [7, 11) is 0. The van der Waals surface area contributed by atoms with Crippen LogP contribution in [0.3, 0.4) is 0 Å². The van der Waals surface area contributed by atoms with Crippen LogP contribution in [0.5, 0.6) is 11.6 Å². The summed E-state index contributed by atoms with van der Waals surface area (Å²) in [5.74, 6) is 1.42. The number of aromatic nitrogens is 2. The maximum Gasteiger partial charge on any atom is 0.233 e. The van der Waals surface area contributed by atoms with Crippen molar-refractivity contribution in [2.24, 2.45) is 0 Å². The van der Waals surface area contributed by atoms with Gasteiger partial charge in [0.05, 0.1) is 12.3 Å². The molecule has 3 aromatic rings. The van der Waals surface area contributed by atoms with E-state index < -0.39 is 0 Å². The Labute approximate surface area is 178 Å². The van der Waals surface area contributed by atoms with Gasteiger partial charge in [-0.05, 0) is 68.6 Å². The van der Waals surface area contributed by atoms with Crippen molar-refractivity contribution < 1.29 is 9.47 Å². The van der Waals surface area contributed by atoms with E-state index in [4.69, 9.17) is 9.47 Å². The zero-order chi connectivity index (χ0) is 20.6. The third-order valence-electron chi connectivity index (χ3n) is 5.57. The van der Waals surface area contributed by atoms with E-state index in [-0.39, 0.29) is 0 Å². The molecule has 0 saturated carbocycles. The van der Waals surface area contributed by atoms with E-state index in [0.29, 0.717) is 12.5 Å². The minimum absolute atomic E-state index is 0.484. The molecule has 0 amide bonds. The Hall–Kier alpha value is -2.92. The lowest BCUT2D eigenvalue weighted by Gasteiger charge is -2.20. The van der Waals surface area contributed by atoms with Gasteiger partial charge in [-0.3, -0.25) is 0 Å². The number of ether oxygens (including phenoxy) is 2. The zero-order valence-corrected chi connectivity index (χ0v) is 17.5. The third kappa shape index (κ3) is 5.57. The second-order valence-electron chi connectivity index (χ2n) is 7.78. The largest absolute Gasteiger partial charge is 0.494 e. The van der Waals surface area contributed by atoms with E-state index in [1.54, 1.807) is 0 Å². The summed E-state index contributed by atoms with van der Waals surface area (Å²) >= 11 is 0. The molecule has 1 saturated heterocycles. The average Bonchev–Trinajstić information content (AvgIpc) is 3.21. The number of nitrogens with zero attached hydrogens (tertiary/aromatic N) is 3. The highest BCUT2D eigenvalue weighted by molar-refractivity contribution is 5.59. The van der Waals surface area contributed by atoms with Crippen molar-refractivity contribution in [1.29, 1.82) is 0 Å². The number of likely N-dealkylation sites (tertiary alicyclic amines) is 1. The number of hydrogen-bond acceptors (Lipinski definition) is 5. The molecular weight excluding hydrogens is 374 g/mol. The van der Waals surface area contributed by atoms with Crippen molar-refractivity contribution in [1.82, 2.24) is 15.1 Å². The molecule has 1 aromatic heterocycles. The van der Waals surface area contributed by atoms with Crippen LogP contribution in [0.15, 0.2) is 66.7 Å². The van der Waals surface area contributed by atoms with Crippen molar-refractivity contribution in [3.63, 3.8) is 0 Å². The van der Waals surface area contributed by atoms with Crippen LogP contribution in [-0.2, 0) is 6.61 Å². The molecule has 2 aromatic carbocycles. The molecule has 0 radical (unpaired) electrons. The summed E-state index contributed by atoms with van der Waals surface area (Å²) in [6.07, 6.45) is 3.71. The van der Waals surface area contributed by atoms with Gasteiger partial charge in [0.2, 0.25) is 5.88 Å². The zero-order valence-electron chi connectivity index (χ0n) is 17.5. The first kappa shape index (κ1) is 20.4. The molecule has 4 rings (SSSR count). The van der Waals surface area contributed by atoms with Crippen LogP contribution >= 0.6 is 0 Å². The number of hydrogen-bond donors (Lipinski definition) is 0. The normalized spacial score (nSPS) is 16.5. The fourth-order valence-corrected chi connectivity index (χ4v) is 3.79. The van der Waals surface area contributed by atoms with Gasteiger partial charge in [-0.25, -0.2) is 0 Å². The molecule has 0 spiro atoms. The Bertz CT molecular complexity index is 898. The minimum Gasteiger partial charge on any atom is -0.494 e. The van der Waals surface area contributed by atoms with Crippen LogP contribution in [0.4, 0.5) is 0 Å². The molecule has 1 unspecified atom stereocenters. The highest BCUT2D eigenvalue weighted by Gasteiger charge is 2.19. The highest BCUT2D eigenvalue weighted by Crippen LogP contribution is 2.22. The van der Waals surface area contributed by atoms with Crippen LogP contribution in [0.2, 0.25) is 0 Å². The van der Waals surface area contributed by atoms with Crippen LogP contribution < -0.4 is 9.47 Å². The Morgan fingerprint density at radius 3 is 2.47 bits per heavy atom. The molecular formula is C25H29N3O2. The monoisotopic (exact) mass is 403 g/mol. The fourth-order valence-electron chi connectivity index (χ4n) is 3.79. The van der Waals surface area contributed by atoms with Crippen LogP contribution in [0.1, 0.15) is 31.7 Å². The van der Waals surface area contributed by atoms with E-state index in [1.165, 1.54) is 19.4 Å². The molecule has 1 atom stereocenters. The van der Waals surface area contributed by atoms with Crippen LogP contribution in [0, 0.1) is 0 Å². The van der Waals surface area contributed by atoms with Crippen molar-refractivity contribution >= 4 is 0 Å². The lowest BCUT2D eigenvalue weighted by molar-refractivity contribution is 0.230. The van der Waals surface area contributed by atoms with E-state index >= 15 is 0 Å². The predicted molar refractivity (Wildman–Crippen MR) is 119 cm³/mol. The summed E-state index contributed by atoms with van der Waals surface area (Å²) in [6.45, 7) is 5.89. The van der Waals surface area contributed by atoms with Crippen LogP contribution in [-0.4, -0.2) is 40.8 Å². The Kier molecular flexibility index (Phi) is 6.93. The summed E-state index contributed by atoms with van der Waals surface area (Å²) in [5.41, 5.74) is 2.93. The topological polar surface area (TPSA) is 47.5 Å². The van der Waals surface area contributed by atoms with Crippen molar-refractivity contribution in [3.8, 4) is 22.9 Å². The lowest BCUT2D eigenvalue weighted by atomic mass is 10.1. The second-order valence-corrected chi connectivity index (χ2v) is 7.78.